The number of para-hydroxylation sites is 2. The second kappa shape index (κ2) is 18.3. The van der Waals surface area contributed by atoms with Gasteiger partial charge in [-0.15, -0.1) is 0 Å². The molecule has 1 saturated heterocycles. The fraction of sp³-hybridized carbons (Fsp3) is 0.224. The van der Waals surface area contributed by atoms with Crippen molar-refractivity contribution in [3.63, 3.8) is 0 Å². The Bertz CT molecular complexity index is 2520. The first-order chi connectivity index (χ1) is 30.2. The molecule has 7 aromatic rings. The number of carbonyl (C=O) groups is 2. The molecule has 0 aliphatic carbocycles. The molecular weight excluding hydrogens is 787 g/mol. The van der Waals surface area contributed by atoms with Crippen molar-refractivity contribution in [2.24, 2.45) is 5.92 Å². The number of aromatic nitrogens is 3. The molecule has 2 amide bonds. The molecule has 2 N–H and O–H groups in total. The molecule has 1 aliphatic rings. The number of carbonyl (C=O) groups excluding carboxylic acids is 2. The molecule has 0 bridgehead atoms. The zero-order chi connectivity index (χ0) is 43.2. The molecule has 2 aromatic heterocycles. The van der Waals surface area contributed by atoms with Gasteiger partial charge in [0.05, 0.1) is 43.7 Å². The minimum atomic E-state index is -1.13. The maximum atomic E-state index is 14.0. The summed E-state index contributed by atoms with van der Waals surface area (Å²) < 4.78 is 32.3. The predicted octanol–water partition coefficient (Wildman–Crippen LogP) is 9.04. The summed E-state index contributed by atoms with van der Waals surface area (Å²) in [5, 5.41) is 15.0. The van der Waals surface area contributed by atoms with E-state index in [0.717, 1.165) is 16.7 Å². The van der Waals surface area contributed by atoms with Crippen molar-refractivity contribution < 1.29 is 38.4 Å². The first kappa shape index (κ1) is 41.7. The number of aliphatic hydroxyl groups is 1. The lowest BCUT2D eigenvalue weighted by molar-refractivity contribution is -0.118. The first-order valence-corrected chi connectivity index (χ1v) is 20.3. The van der Waals surface area contributed by atoms with Crippen LogP contribution in [0, 0.1) is 5.92 Å². The van der Waals surface area contributed by atoms with Gasteiger partial charge in [0, 0.05) is 18.5 Å². The second-order valence-electron chi connectivity index (χ2n) is 15.1. The van der Waals surface area contributed by atoms with E-state index in [1.165, 1.54) is 4.90 Å². The van der Waals surface area contributed by atoms with Gasteiger partial charge in [-0.2, -0.15) is 9.97 Å². The molecule has 5 aromatic carbocycles. The molecule has 0 radical (unpaired) electrons. The maximum Gasteiger partial charge on any atom is 0.426 e. The van der Waals surface area contributed by atoms with Gasteiger partial charge in [-0.1, -0.05) is 105 Å². The summed E-state index contributed by atoms with van der Waals surface area (Å²) in [4.78, 5) is 37.7. The Morgan fingerprint density at radius 2 is 1.31 bits per heavy atom. The zero-order valence-corrected chi connectivity index (χ0v) is 34.8. The molecule has 62 heavy (non-hydrogen) atoms. The summed E-state index contributed by atoms with van der Waals surface area (Å²) in [5.74, 6) is 0.893. The number of rotatable bonds is 14. The number of benzene rings is 5. The summed E-state index contributed by atoms with van der Waals surface area (Å²) in [6.07, 6.45) is -1.27. The average Bonchev–Trinajstić information content (AvgIpc) is 3.91. The molecule has 13 heteroatoms. The molecule has 1 fully saturated rings. The van der Waals surface area contributed by atoms with Crippen LogP contribution in [0.3, 0.4) is 0 Å². The minimum Gasteiger partial charge on any atom is -0.497 e. The van der Waals surface area contributed by atoms with Crippen molar-refractivity contribution in [3.8, 4) is 17.5 Å². The minimum absolute atomic E-state index is 0.00777. The summed E-state index contributed by atoms with van der Waals surface area (Å²) in [6, 6.07) is 44.9. The number of hydrogen-bond acceptors (Lipinski definition) is 10. The highest BCUT2D eigenvalue weighted by Gasteiger charge is 2.42. The first-order valence-electron chi connectivity index (χ1n) is 20.3. The highest BCUT2D eigenvalue weighted by Crippen LogP contribution is 2.43. The van der Waals surface area contributed by atoms with Crippen LogP contribution in [-0.2, 0) is 19.9 Å². The fourth-order valence-electron chi connectivity index (χ4n) is 7.60. The van der Waals surface area contributed by atoms with E-state index in [1.54, 1.807) is 69.2 Å². The third-order valence-corrected chi connectivity index (χ3v) is 10.9. The Morgan fingerprint density at radius 3 is 1.84 bits per heavy atom. The molecule has 8 rings (SSSR count). The number of nitrogens with zero attached hydrogens (tertiary/aromatic N) is 4. The predicted molar refractivity (Wildman–Crippen MR) is 235 cm³/mol. The lowest BCUT2D eigenvalue weighted by Crippen LogP contribution is -2.38. The van der Waals surface area contributed by atoms with Crippen LogP contribution >= 0.6 is 0 Å². The Labute approximate surface area is 359 Å². The normalized spacial score (nSPS) is 16.3. The number of aliphatic hydroxyl groups excluding tert-OH is 1. The van der Waals surface area contributed by atoms with Crippen LogP contribution in [0.2, 0.25) is 0 Å². The molecule has 3 heterocycles. The standard InChI is InChI=1S/C49H47N5O8/c1-32(2)46(56)50-44-40-28-29-53(45(40)52-47(51-44)62-48(57)54(36-16-10-6-11-17-36)37-18-12-7-13-19-37)43-30-41(55)42(61-43)31-60-49(33-14-8-5-9-15-33,34-20-24-38(58-3)25-21-34)35-22-26-39(59-4)27-23-35/h5-29,32,41-43,55H,30-31H2,1-4H3,(H,50,51,52,56)/t41-,42+,43+/m0/s1. The van der Waals surface area contributed by atoms with Gasteiger partial charge in [0.15, 0.2) is 5.65 Å². The number of hydrogen-bond donors (Lipinski definition) is 2. The van der Waals surface area contributed by atoms with E-state index in [2.05, 4.69) is 10.3 Å². The SMILES string of the molecule is COc1ccc(C(OC[C@H]2O[C@@H](n3ccc4c(NC(=O)C(C)C)nc(OC(=O)N(c5ccccc5)c5ccccc5)nc43)C[C@@H]2O)(c2ccccc2)c2ccc(OC)cc2)cc1. The third-order valence-electron chi connectivity index (χ3n) is 10.9. The number of nitrogens with one attached hydrogen (secondary N) is 1. The summed E-state index contributed by atoms with van der Waals surface area (Å²) in [5.41, 5.74) is 2.86. The van der Waals surface area contributed by atoms with E-state index in [0.29, 0.717) is 33.9 Å². The molecular formula is C49H47N5O8. The Morgan fingerprint density at radius 1 is 0.774 bits per heavy atom. The number of amides is 2. The Balaban J connectivity index is 1.12. The van der Waals surface area contributed by atoms with Gasteiger partial charge in [-0.3, -0.25) is 4.79 Å². The van der Waals surface area contributed by atoms with E-state index >= 15 is 0 Å². The van der Waals surface area contributed by atoms with Crippen LogP contribution in [0.5, 0.6) is 17.5 Å². The van der Waals surface area contributed by atoms with Crippen LogP contribution in [-0.4, -0.2) is 64.7 Å². The molecule has 0 unspecified atom stereocenters. The molecule has 0 saturated carbocycles. The number of ether oxygens (including phenoxy) is 5. The zero-order valence-electron chi connectivity index (χ0n) is 34.8. The highest BCUT2D eigenvalue weighted by molar-refractivity contribution is 6.00. The van der Waals surface area contributed by atoms with Gasteiger partial charge in [0.2, 0.25) is 5.91 Å². The quantitative estimate of drug-likeness (QED) is 0.102. The van der Waals surface area contributed by atoms with Crippen LogP contribution in [0.1, 0.15) is 43.2 Å². The lowest BCUT2D eigenvalue weighted by Gasteiger charge is -2.37. The fourth-order valence-corrected chi connectivity index (χ4v) is 7.60. The van der Waals surface area contributed by atoms with Gasteiger partial charge < -0.3 is 38.7 Å². The monoisotopic (exact) mass is 833 g/mol. The summed E-state index contributed by atoms with van der Waals surface area (Å²) in [7, 11) is 3.24. The van der Waals surface area contributed by atoms with Crippen molar-refractivity contribution in [2.75, 3.05) is 31.0 Å². The summed E-state index contributed by atoms with van der Waals surface area (Å²) >= 11 is 0. The Hall–Kier alpha value is -7.06. The van der Waals surface area contributed by atoms with E-state index in [1.807, 2.05) is 115 Å². The van der Waals surface area contributed by atoms with E-state index in [4.69, 9.17) is 28.7 Å². The number of methoxy groups -OCH3 is 2. The Kier molecular flexibility index (Phi) is 12.3. The van der Waals surface area contributed by atoms with Crippen LogP contribution in [0.4, 0.5) is 22.0 Å². The van der Waals surface area contributed by atoms with Gasteiger partial charge in [0.25, 0.3) is 0 Å². The molecule has 13 nitrogen and oxygen atoms in total. The third kappa shape index (κ3) is 8.46. The van der Waals surface area contributed by atoms with Crippen molar-refractivity contribution in [3.05, 3.63) is 168 Å². The van der Waals surface area contributed by atoms with E-state index in [-0.39, 0.29) is 36.7 Å². The van der Waals surface area contributed by atoms with Crippen LogP contribution < -0.4 is 24.4 Å². The smallest absolute Gasteiger partial charge is 0.426 e. The summed E-state index contributed by atoms with van der Waals surface area (Å²) in [6.45, 7) is 3.53. The largest absolute Gasteiger partial charge is 0.497 e. The topological polar surface area (TPSA) is 146 Å². The van der Waals surface area contributed by atoms with E-state index < -0.39 is 30.1 Å². The van der Waals surface area contributed by atoms with Crippen molar-refractivity contribution >= 4 is 40.2 Å². The molecule has 316 valence electrons. The van der Waals surface area contributed by atoms with E-state index in [9.17, 15) is 14.7 Å². The van der Waals surface area contributed by atoms with Gasteiger partial charge >= 0.3 is 12.1 Å². The van der Waals surface area contributed by atoms with Gasteiger partial charge in [-0.05, 0) is 71.3 Å². The van der Waals surface area contributed by atoms with Crippen molar-refractivity contribution in [1.82, 2.24) is 14.5 Å². The number of anilines is 3. The lowest BCUT2D eigenvalue weighted by atomic mass is 9.80. The maximum absolute atomic E-state index is 14.0. The molecule has 3 atom stereocenters. The van der Waals surface area contributed by atoms with Crippen molar-refractivity contribution in [2.45, 2.75) is 44.3 Å². The van der Waals surface area contributed by atoms with Crippen LogP contribution in [0.25, 0.3) is 11.0 Å². The number of fused-ring (bicyclic) bond motifs is 1. The molecule has 1 aliphatic heterocycles. The molecule has 0 spiro atoms. The second-order valence-corrected chi connectivity index (χ2v) is 15.1. The van der Waals surface area contributed by atoms with Gasteiger partial charge in [0.1, 0.15) is 35.2 Å². The van der Waals surface area contributed by atoms with Gasteiger partial charge in [-0.25, -0.2) is 9.69 Å². The van der Waals surface area contributed by atoms with Crippen molar-refractivity contribution in [1.29, 1.82) is 0 Å². The average molecular weight is 834 g/mol. The van der Waals surface area contributed by atoms with Crippen LogP contribution in [0.15, 0.2) is 152 Å². The highest BCUT2D eigenvalue weighted by atomic mass is 16.6.